The number of halogens is 1. The number of aromatic nitrogens is 2. The van der Waals surface area contributed by atoms with Gasteiger partial charge in [-0.3, -0.25) is 4.68 Å². The second kappa shape index (κ2) is 8.68. The van der Waals surface area contributed by atoms with Crippen molar-refractivity contribution < 1.29 is 19.1 Å². The molecule has 0 aliphatic carbocycles. The molecule has 3 rings (SSSR count). The zero-order valence-corrected chi connectivity index (χ0v) is 14.8. The van der Waals surface area contributed by atoms with E-state index in [9.17, 15) is 9.59 Å². The second-order valence-electron chi connectivity index (χ2n) is 5.43. The lowest BCUT2D eigenvalue weighted by atomic mass is 10.2. The summed E-state index contributed by atoms with van der Waals surface area (Å²) in [7, 11) is 1.32. The molecule has 1 amide bonds. The predicted molar refractivity (Wildman–Crippen MR) is 94.1 cm³/mol. The molecule has 0 spiro atoms. The van der Waals surface area contributed by atoms with Crippen LogP contribution in [0, 0.1) is 0 Å². The number of amides is 1. The van der Waals surface area contributed by atoms with E-state index >= 15 is 0 Å². The molecule has 2 aromatic rings. The molecule has 1 aromatic carbocycles. The third-order valence-corrected chi connectivity index (χ3v) is 3.94. The van der Waals surface area contributed by atoms with E-state index in [-0.39, 0.29) is 30.8 Å². The Hall–Kier alpha value is -2.32. The lowest BCUT2D eigenvalue weighted by Gasteiger charge is -2.26. The van der Waals surface area contributed by atoms with Gasteiger partial charge < -0.3 is 19.7 Å². The number of ether oxygens (including phenoxy) is 2. The molecule has 0 unspecified atom stereocenters. The quantitative estimate of drug-likeness (QED) is 0.818. The average molecular weight is 369 g/mol. The molecule has 0 bridgehead atoms. The monoisotopic (exact) mass is 368 g/mol. The van der Waals surface area contributed by atoms with Crippen LogP contribution in [0.5, 0.6) is 0 Å². The van der Waals surface area contributed by atoms with Crippen LogP contribution < -0.4 is 5.32 Å². The molecule has 1 saturated heterocycles. The maximum atomic E-state index is 12.0. The van der Waals surface area contributed by atoms with Gasteiger partial charge >= 0.3 is 12.1 Å². The Balaban J connectivity index is 0.00000225. The molecule has 1 aliphatic heterocycles. The van der Waals surface area contributed by atoms with Gasteiger partial charge in [-0.25, -0.2) is 9.59 Å². The van der Waals surface area contributed by atoms with Gasteiger partial charge in [0.05, 0.1) is 19.2 Å². The van der Waals surface area contributed by atoms with Gasteiger partial charge in [-0.1, -0.05) is 18.2 Å². The fraction of sp³-hybridized carbons (Fsp3) is 0.438. The molecule has 136 valence electrons. The molecule has 8 nitrogen and oxygen atoms in total. The van der Waals surface area contributed by atoms with Crippen molar-refractivity contribution in [3.8, 4) is 0 Å². The van der Waals surface area contributed by atoms with E-state index in [0.29, 0.717) is 19.6 Å². The third-order valence-electron chi connectivity index (χ3n) is 3.94. The number of hydrogen-bond acceptors (Lipinski definition) is 6. The molecule has 1 fully saturated rings. The van der Waals surface area contributed by atoms with Crippen molar-refractivity contribution in [2.75, 3.05) is 39.9 Å². The number of hydrogen-bond donors (Lipinski definition) is 1. The summed E-state index contributed by atoms with van der Waals surface area (Å²) in [4.78, 5) is 25.5. The highest BCUT2D eigenvalue weighted by molar-refractivity contribution is 6.02. The van der Waals surface area contributed by atoms with E-state index in [1.165, 1.54) is 7.11 Å². The van der Waals surface area contributed by atoms with Gasteiger partial charge in [0.15, 0.2) is 5.69 Å². The van der Waals surface area contributed by atoms with Gasteiger partial charge in [-0.05, 0) is 6.07 Å². The van der Waals surface area contributed by atoms with Crippen molar-refractivity contribution in [3.05, 3.63) is 30.0 Å². The SMILES string of the molecule is COC(=O)c1nn(CCOC(=O)N2CCNCC2)c2ccccc12.Cl. The molecule has 0 radical (unpaired) electrons. The fourth-order valence-electron chi connectivity index (χ4n) is 2.70. The number of rotatable bonds is 4. The molecular formula is C16H21ClN4O4. The zero-order valence-electron chi connectivity index (χ0n) is 13.9. The highest BCUT2D eigenvalue weighted by atomic mass is 35.5. The van der Waals surface area contributed by atoms with E-state index in [2.05, 4.69) is 10.4 Å². The normalized spacial score (nSPS) is 14.0. The van der Waals surface area contributed by atoms with Gasteiger partial charge in [0.25, 0.3) is 0 Å². The number of methoxy groups -OCH3 is 1. The van der Waals surface area contributed by atoms with Crippen LogP contribution in [0.4, 0.5) is 4.79 Å². The van der Waals surface area contributed by atoms with Crippen LogP contribution in [-0.2, 0) is 16.0 Å². The van der Waals surface area contributed by atoms with Crippen molar-refractivity contribution in [2.45, 2.75) is 6.54 Å². The maximum absolute atomic E-state index is 12.0. The largest absolute Gasteiger partial charge is 0.464 e. The Labute approximate surface area is 151 Å². The molecule has 1 N–H and O–H groups in total. The van der Waals surface area contributed by atoms with E-state index in [1.807, 2.05) is 24.3 Å². The number of nitrogens with one attached hydrogen (secondary N) is 1. The van der Waals surface area contributed by atoms with Crippen molar-refractivity contribution in [1.82, 2.24) is 20.0 Å². The van der Waals surface area contributed by atoms with Crippen LogP contribution in [-0.4, -0.2) is 66.6 Å². The minimum Gasteiger partial charge on any atom is -0.464 e. The molecule has 1 aromatic heterocycles. The van der Waals surface area contributed by atoms with Gasteiger partial charge in [0, 0.05) is 31.6 Å². The van der Waals surface area contributed by atoms with Crippen LogP contribution in [0.15, 0.2) is 24.3 Å². The van der Waals surface area contributed by atoms with E-state index in [1.54, 1.807) is 9.58 Å². The smallest absolute Gasteiger partial charge is 0.409 e. The maximum Gasteiger partial charge on any atom is 0.409 e. The number of carbonyl (C=O) groups is 2. The number of carbonyl (C=O) groups excluding carboxylic acids is 2. The van der Waals surface area contributed by atoms with Gasteiger partial charge in [0.2, 0.25) is 0 Å². The van der Waals surface area contributed by atoms with E-state index < -0.39 is 5.97 Å². The van der Waals surface area contributed by atoms with E-state index in [0.717, 1.165) is 24.0 Å². The number of piperazine rings is 1. The lowest BCUT2D eigenvalue weighted by Crippen LogP contribution is -2.46. The van der Waals surface area contributed by atoms with Crippen LogP contribution in [0.3, 0.4) is 0 Å². The predicted octanol–water partition coefficient (Wildman–Crippen LogP) is 1.29. The zero-order chi connectivity index (χ0) is 16.9. The Kier molecular flexibility index (Phi) is 6.60. The number of fused-ring (bicyclic) bond motifs is 1. The summed E-state index contributed by atoms with van der Waals surface area (Å²) >= 11 is 0. The third kappa shape index (κ3) is 4.21. The minimum absolute atomic E-state index is 0. The molecule has 2 heterocycles. The van der Waals surface area contributed by atoms with Crippen molar-refractivity contribution in [1.29, 1.82) is 0 Å². The van der Waals surface area contributed by atoms with Crippen LogP contribution in [0.2, 0.25) is 0 Å². The fourth-order valence-corrected chi connectivity index (χ4v) is 2.70. The molecule has 25 heavy (non-hydrogen) atoms. The minimum atomic E-state index is -0.484. The first-order valence-electron chi connectivity index (χ1n) is 7.87. The highest BCUT2D eigenvalue weighted by Crippen LogP contribution is 2.19. The Morgan fingerprint density at radius 1 is 1.24 bits per heavy atom. The summed E-state index contributed by atoms with van der Waals surface area (Å²) in [5, 5.41) is 8.20. The Morgan fingerprint density at radius 3 is 2.68 bits per heavy atom. The van der Waals surface area contributed by atoms with Gasteiger partial charge in [-0.2, -0.15) is 5.10 Å². The standard InChI is InChI=1S/C16H20N4O4.ClH/c1-23-15(21)14-12-4-2-3-5-13(12)20(18-14)10-11-24-16(22)19-8-6-17-7-9-19;/h2-5,17H,6-11H2,1H3;1H. The van der Waals surface area contributed by atoms with Crippen LogP contribution in [0.25, 0.3) is 10.9 Å². The summed E-state index contributed by atoms with van der Waals surface area (Å²) in [5.41, 5.74) is 1.07. The molecule has 0 atom stereocenters. The lowest BCUT2D eigenvalue weighted by molar-refractivity contribution is 0.0593. The average Bonchev–Trinajstić information content (AvgIpc) is 3.01. The second-order valence-corrected chi connectivity index (χ2v) is 5.43. The summed E-state index contributed by atoms with van der Waals surface area (Å²) in [5.74, 6) is -0.484. The number of esters is 1. The van der Waals surface area contributed by atoms with Crippen LogP contribution in [0.1, 0.15) is 10.5 Å². The number of nitrogens with zero attached hydrogens (tertiary/aromatic N) is 3. The van der Waals surface area contributed by atoms with Crippen molar-refractivity contribution in [2.24, 2.45) is 0 Å². The first kappa shape index (κ1) is 19.0. The summed E-state index contributed by atoms with van der Waals surface area (Å²) in [6, 6.07) is 7.39. The van der Waals surface area contributed by atoms with Crippen molar-refractivity contribution in [3.63, 3.8) is 0 Å². The van der Waals surface area contributed by atoms with E-state index in [4.69, 9.17) is 9.47 Å². The van der Waals surface area contributed by atoms with Crippen molar-refractivity contribution >= 4 is 35.4 Å². The number of para-hydroxylation sites is 1. The highest BCUT2D eigenvalue weighted by Gasteiger charge is 2.19. The summed E-state index contributed by atoms with van der Waals surface area (Å²) in [6.07, 6.45) is -0.318. The van der Waals surface area contributed by atoms with Gasteiger partial charge in [-0.15, -0.1) is 12.4 Å². The topological polar surface area (TPSA) is 85.7 Å². The molecular weight excluding hydrogens is 348 g/mol. The van der Waals surface area contributed by atoms with Crippen LogP contribution >= 0.6 is 12.4 Å². The van der Waals surface area contributed by atoms with Gasteiger partial charge in [0.1, 0.15) is 6.61 Å². The first-order chi connectivity index (χ1) is 11.7. The number of benzene rings is 1. The Bertz CT molecular complexity index is 743. The Morgan fingerprint density at radius 2 is 1.96 bits per heavy atom. The summed E-state index contributed by atoms with van der Waals surface area (Å²) in [6.45, 7) is 3.42. The molecule has 9 heteroatoms. The summed E-state index contributed by atoms with van der Waals surface area (Å²) < 4.78 is 11.7. The first-order valence-corrected chi connectivity index (χ1v) is 7.87. The molecule has 1 aliphatic rings. The molecule has 0 saturated carbocycles.